The second-order valence-corrected chi connectivity index (χ2v) is 8.23. The third-order valence-corrected chi connectivity index (χ3v) is 5.26. The molecule has 1 fully saturated rings. The molecule has 0 atom stereocenters. The molecule has 0 bridgehead atoms. The van der Waals surface area contributed by atoms with Gasteiger partial charge in [0.15, 0.2) is 5.69 Å². The molecule has 0 unspecified atom stereocenters. The molecule has 1 aromatic carbocycles. The van der Waals surface area contributed by atoms with Crippen LogP contribution in [0.25, 0.3) is 0 Å². The van der Waals surface area contributed by atoms with Gasteiger partial charge in [-0.05, 0) is 62.3 Å². The van der Waals surface area contributed by atoms with E-state index in [0.717, 1.165) is 37.8 Å². The number of halogens is 1. The topological polar surface area (TPSA) is 87.9 Å². The third-order valence-electron chi connectivity index (χ3n) is 4.94. The molecule has 1 heterocycles. The first-order chi connectivity index (χ1) is 13.9. The Hall–Kier alpha value is -2.65. The van der Waals surface area contributed by atoms with Crippen LogP contribution < -0.4 is 10.1 Å². The molecule has 2 aromatic rings. The number of rotatable bonds is 6. The number of amides is 1. The van der Waals surface area contributed by atoms with Crippen LogP contribution in [0, 0.1) is 17.2 Å². The lowest BCUT2D eigenvalue weighted by molar-refractivity contribution is 0.0888. The minimum atomic E-state index is -0.183. The fourth-order valence-electron chi connectivity index (χ4n) is 3.44. The number of benzene rings is 1. The molecule has 1 saturated carbocycles. The van der Waals surface area contributed by atoms with E-state index in [4.69, 9.17) is 21.6 Å². The molecular weight excluding hydrogens is 388 g/mol. The van der Waals surface area contributed by atoms with Crippen molar-refractivity contribution in [3.63, 3.8) is 0 Å². The molecule has 1 amide bonds. The van der Waals surface area contributed by atoms with Gasteiger partial charge in [-0.3, -0.25) is 4.79 Å². The molecule has 0 spiro atoms. The number of hydrogen-bond donors (Lipinski definition) is 1. The van der Waals surface area contributed by atoms with Gasteiger partial charge in [0.1, 0.15) is 11.8 Å². The maximum absolute atomic E-state index is 12.4. The van der Waals surface area contributed by atoms with Crippen LogP contribution >= 0.6 is 11.6 Å². The van der Waals surface area contributed by atoms with Crippen molar-refractivity contribution < 1.29 is 9.53 Å². The minimum Gasteiger partial charge on any atom is -0.490 e. The number of ether oxygens (including phenoxy) is 1. The summed E-state index contributed by atoms with van der Waals surface area (Å²) in [6.45, 7) is 4.25. The summed E-state index contributed by atoms with van der Waals surface area (Å²) < 4.78 is 5.99. The zero-order chi connectivity index (χ0) is 20.8. The number of nitriles is 1. The molecule has 1 aliphatic rings. The fraction of sp³-hybridized carbons (Fsp3) is 0.455. The molecular formula is C22H25ClN4O2. The lowest BCUT2D eigenvalue weighted by Gasteiger charge is -2.29. The average molecular weight is 413 g/mol. The Morgan fingerprint density at radius 1 is 1.24 bits per heavy atom. The van der Waals surface area contributed by atoms with E-state index in [-0.39, 0.29) is 18.1 Å². The van der Waals surface area contributed by atoms with Gasteiger partial charge >= 0.3 is 0 Å². The van der Waals surface area contributed by atoms with Crippen LogP contribution in [0.2, 0.25) is 5.02 Å². The van der Waals surface area contributed by atoms with Gasteiger partial charge in [-0.15, -0.1) is 5.10 Å². The Labute approximate surface area is 176 Å². The van der Waals surface area contributed by atoms with Gasteiger partial charge in [0.05, 0.1) is 22.4 Å². The number of carbonyl (C=O) groups is 1. The van der Waals surface area contributed by atoms with E-state index < -0.39 is 0 Å². The third kappa shape index (κ3) is 5.91. The maximum atomic E-state index is 12.4. The number of carbonyl (C=O) groups excluding carboxylic acids is 1. The Kier molecular flexibility index (Phi) is 7.05. The molecule has 7 heteroatoms. The molecule has 6 nitrogen and oxygen atoms in total. The van der Waals surface area contributed by atoms with Crippen LogP contribution in [0.15, 0.2) is 30.3 Å². The van der Waals surface area contributed by atoms with Crippen molar-refractivity contribution in [2.24, 2.45) is 5.92 Å². The molecule has 1 aromatic heterocycles. The predicted octanol–water partition coefficient (Wildman–Crippen LogP) is 4.32. The second-order valence-electron chi connectivity index (χ2n) is 7.83. The standard InChI is InChI=1S/C22H25ClN4O2/c1-14(2)11-17-6-10-21(27-26-17)22(28)25-16-4-8-18(9-5-16)29-19-7-3-15(13-24)20(23)12-19/h3,6-7,10,12,14,16,18H,4-5,8-9,11H2,1-2H3,(H,25,28)/t16-,18-. The van der Waals surface area contributed by atoms with Crippen molar-refractivity contribution in [3.8, 4) is 11.8 Å². The van der Waals surface area contributed by atoms with Crippen LogP contribution in [-0.2, 0) is 6.42 Å². The van der Waals surface area contributed by atoms with Crippen molar-refractivity contribution in [1.82, 2.24) is 15.5 Å². The Bertz CT molecular complexity index is 885. The van der Waals surface area contributed by atoms with Gasteiger partial charge in [-0.1, -0.05) is 25.4 Å². The molecule has 29 heavy (non-hydrogen) atoms. The molecule has 0 saturated heterocycles. The zero-order valence-corrected chi connectivity index (χ0v) is 17.4. The van der Waals surface area contributed by atoms with Crippen molar-refractivity contribution in [2.75, 3.05) is 0 Å². The number of aromatic nitrogens is 2. The van der Waals surface area contributed by atoms with Gasteiger partial charge < -0.3 is 10.1 Å². The Morgan fingerprint density at radius 2 is 2.00 bits per heavy atom. The first kappa shape index (κ1) is 21.1. The summed E-state index contributed by atoms with van der Waals surface area (Å²) in [5, 5.41) is 20.6. The fourth-order valence-corrected chi connectivity index (χ4v) is 3.66. The monoisotopic (exact) mass is 412 g/mol. The lowest BCUT2D eigenvalue weighted by atomic mass is 9.92. The van der Waals surface area contributed by atoms with Gasteiger partial charge in [0.25, 0.3) is 5.91 Å². The first-order valence-electron chi connectivity index (χ1n) is 9.94. The highest BCUT2D eigenvalue weighted by Crippen LogP contribution is 2.27. The van der Waals surface area contributed by atoms with Crippen LogP contribution in [0.5, 0.6) is 5.75 Å². The molecule has 0 radical (unpaired) electrons. The summed E-state index contributed by atoms with van der Waals surface area (Å²) in [7, 11) is 0. The first-order valence-corrected chi connectivity index (χ1v) is 10.3. The quantitative estimate of drug-likeness (QED) is 0.763. The largest absolute Gasteiger partial charge is 0.490 e. The van der Waals surface area contributed by atoms with Gasteiger partial charge in [-0.25, -0.2) is 0 Å². The smallest absolute Gasteiger partial charge is 0.272 e. The van der Waals surface area contributed by atoms with E-state index in [1.54, 1.807) is 24.3 Å². The second kappa shape index (κ2) is 9.71. The lowest BCUT2D eigenvalue weighted by Crippen LogP contribution is -2.40. The number of hydrogen-bond acceptors (Lipinski definition) is 5. The van der Waals surface area contributed by atoms with Crippen molar-refractivity contribution in [2.45, 2.75) is 58.1 Å². The summed E-state index contributed by atoms with van der Waals surface area (Å²) in [6, 6.07) is 10.9. The molecule has 0 aliphatic heterocycles. The van der Waals surface area contributed by atoms with Crippen molar-refractivity contribution in [3.05, 3.63) is 52.3 Å². The van der Waals surface area contributed by atoms with Crippen LogP contribution in [0.3, 0.4) is 0 Å². The van der Waals surface area contributed by atoms with E-state index in [0.29, 0.717) is 27.9 Å². The van der Waals surface area contributed by atoms with Crippen LogP contribution in [0.1, 0.15) is 61.3 Å². The summed E-state index contributed by atoms with van der Waals surface area (Å²) in [4.78, 5) is 12.4. The van der Waals surface area contributed by atoms with Gasteiger partial charge in [-0.2, -0.15) is 10.4 Å². The SMILES string of the molecule is CC(C)Cc1ccc(C(=O)N[C@H]2CC[C@H](Oc3ccc(C#N)c(Cl)c3)CC2)nn1. The highest BCUT2D eigenvalue weighted by molar-refractivity contribution is 6.31. The van der Waals surface area contributed by atoms with Crippen molar-refractivity contribution >= 4 is 17.5 Å². The summed E-state index contributed by atoms with van der Waals surface area (Å²) >= 11 is 6.06. The van der Waals surface area contributed by atoms with E-state index in [9.17, 15) is 4.79 Å². The Morgan fingerprint density at radius 3 is 2.59 bits per heavy atom. The average Bonchev–Trinajstić information content (AvgIpc) is 2.70. The minimum absolute atomic E-state index is 0.0715. The molecule has 1 aliphatic carbocycles. The maximum Gasteiger partial charge on any atom is 0.272 e. The number of nitrogens with one attached hydrogen (secondary N) is 1. The summed E-state index contributed by atoms with van der Waals surface area (Å²) in [5.74, 6) is 0.983. The number of nitrogens with zero attached hydrogens (tertiary/aromatic N) is 3. The Balaban J connectivity index is 1.47. The van der Waals surface area contributed by atoms with Gasteiger partial charge in [0.2, 0.25) is 0 Å². The van der Waals surface area contributed by atoms with Gasteiger partial charge in [0, 0.05) is 12.1 Å². The van der Waals surface area contributed by atoms with E-state index >= 15 is 0 Å². The molecule has 152 valence electrons. The molecule has 3 rings (SSSR count). The summed E-state index contributed by atoms with van der Waals surface area (Å²) in [6.07, 6.45) is 4.26. The highest BCUT2D eigenvalue weighted by atomic mass is 35.5. The highest BCUT2D eigenvalue weighted by Gasteiger charge is 2.24. The van der Waals surface area contributed by atoms with Crippen LogP contribution in [0.4, 0.5) is 0 Å². The zero-order valence-electron chi connectivity index (χ0n) is 16.7. The van der Waals surface area contributed by atoms with E-state index in [2.05, 4.69) is 29.4 Å². The normalized spacial score (nSPS) is 18.9. The molecule has 1 N–H and O–H groups in total. The van der Waals surface area contributed by atoms with Crippen molar-refractivity contribution in [1.29, 1.82) is 5.26 Å². The van der Waals surface area contributed by atoms with E-state index in [1.165, 1.54) is 0 Å². The summed E-state index contributed by atoms with van der Waals surface area (Å²) in [5.41, 5.74) is 1.69. The van der Waals surface area contributed by atoms with E-state index in [1.807, 2.05) is 12.1 Å². The van der Waals surface area contributed by atoms with Crippen LogP contribution in [-0.4, -0.2) is 28.3 Å². The predicted molar refractivity (Wildman–Crippen MR) is 111 cm³/mol.